The average Bonchev–Trinajstić information content (AvgIpc) is 2.45. The van der Waals surface area contributed by atoms with Crippen LogP contribution in [0.1, 0.15) is 33.6 Å². The number of urea groups is 1. The largest absolute Gasteiger partial charge is 0.322 e. The number of rotatable bonds is 7. The lowest BCUT2D eigenvalue weighted by atomic mass is 10.2. The van der Waals surface area contributed by atoms with E-state index in [2.05, 4.69) is 26.1 Å². The third-order valence-electron chi connectivity index (χ3n) is 3.25. The number of anilines is 1. The Morgan fingerprint density at radius 3 is 2.57 bits per heavy atom. The highest BCUT2D eigenvalue weighted by Crippen LogP contribution is 2.23. The number of carbonyl (C=O) groups excluding carboxylic acids is 1. The van der Waals surface area contributed by atoms with Crippen LogP contribution in [0.4, 0.5) is 14.9 Å². The van der Waals surface area contributed by atoms with Gasteiger partial charge in [-0.3, -0.25) is 0 Å². The van der Waals surface area contributed by atoms with Gasteiger partial charge in [-0.05, 0) is 30.7 Å². The summed E-state index contributed by atoms with van der Waals surface area (Å²) in [5.41, 5.74) is 0.229. The molecule has 21 heavy (non-hydrogen) atoms. The van der Waals surface area contributed by atoms with Gasteiger partial charge in [-0.1, -0.05) is 39.3 Å². The van der Waals surface area contributed by atoms with Gasteiger partial charge in [0.15, 0.2) is 0 Å². The molecule has 0 saturated carbocycles. The molecule has 0 saturated heterocycles. The van der Waals surface area contributed by atoms with Crippen LogP contribution in [0.2, 0.25) is 0 Å². The SMILES string of the molecule is CCCCN(C(=O)Nc1ccccc1F)C(SC)C(C)C. The first-order valence-corrected chi connectivity index (χ1v) is 8.65. The van der Waals surface area contributed by atoms with E-state index in [1.54, 1.807) is 30.0 Å². The van der Waals surface area contributed by atoms with Crippen molar-refractivity contribution in [2.24, 2.45) is 5.92 Å². The fourth-order valence-corrected chi connectivity index (χ4v) is 3.18. The molecule has 0 aliphatic heterocycles. The van der Waals surface area contributed by atoms with E-state index in [1.807, 2.05) is 11.2 Å². The minimum absolute atomic E-state index is 0.0864. The smallest absolute Gasteiger partial charge is 0.312 e. The van der Waals surface area contributed by atoms with Gasteiger partial charge < -0.3 is 10.2 Å². The highest BCUT2D eigenvalue weighted by Gasteiger charge is 2.25. The first-order chi connectivity index (χ1) is 10.0. The van der Waals surface area contributed by atoms with Crippen LogP contribution in [-0.4, -0.2) is 29.1 Å². The molecule has 0 heterocycles. The molecule has 118 valence electrons. The summed E-state index contributed by atoms with van der Waals surface area (Å²) in [6.07, 6.45) is 3.96. The van der Waals surface area contributed by atoms with Crippen LogP contribution in [0, 0.1) is 11.7 Å². The standard InChI is InChI=1S/C16H25FN2OS/c1-5-6-11-19(15(21-4)12(2)3)16(20)18-14-10-8-7-9-13(14)17/h7-10,12,15H,5-6,11H2,1-4H3,(H,18,20). The Morgan fingerprint density at radius 1 is 1.38 bits per heavy atom. The number of amides is 2. The van der Waals surface area contributed by atoms with Crippen LogP contribution in [0.3, 0.4) is 0 Å². The first-order valence-electron chi connectivity index (χ1n) is 7.36. The molecule has 0 aliphatic rings. The number of hydrogen-bond acceptors (Lipinski definition) is 2. The molecule has 5 heteroatoms. The molecule has 0 spiro atoms. The molecular formula is C16H25FN2OS. The molecule has 0 aromatic heterocycles. The van der Waals surface area contributed by atoms with Crippen molar-refractivity contribution < 1.29 is 9.18 Å². The molecule has 0 bridgehead atoms. The summed E-state index contributed by atoms with van der Waals surface area (Å²) in [4.78, 5) is 14.3. The normalized spacial score (nSPS) is 12.3. The van der Waals surface area contributed by atoms with Gasteiger partial charge in [0.1, 0.15) is 5.82 Å². The Bertz CT molecular complexity index is 454. The number of benzene rings is 1. The summed E-state index contributed by atoms with van der Waals surface area (Å²) in [6.45, 7) is 6.96. The molecule has 1 rings (SSSR count). The van der Waals surface area contributed by atoms with E-state index in [-0.39, 0.29) is 17.1 Å². The number of halogens is 1. The number of nitrogens with zero attached hydrogens (tertiary/aromatic N) is 1. The lowest BCUT2D eigenvalue weighted by Gasteiger charge is -2.33. The van der Waals surface area contributed by atoms with E-state index >= 15 is 0 Å². The van der Waals surface area contributed by atoms with Crippen molar-refractivity contribution in [3.63, 3.8) is 0 Å². The Balaban J connectivity index is 2.86. The van der Waals surface area contributed by atoms with Crippen LogP contribution in [0.25, 0.3) is 0 Å². The second-order valence-corrected chi connectivity index (χ2v) is 6.28. The minimum Gasteiger partial charge on any atom is -0.312 e. The van der Waals surface area contributed by atoms with Crippen molar-refractivity contribution >= 4 is 23.5 Å². The average molecular weight is 312 g/mol. The van der Waals surface area contributed by atoms with Gasteiger partial charge in [-0.25, -0.2) is 9.18 Å². The molecule has 3 nitrogen and oxygen atoms in total. The van der Waals surface area contributed by atoms with Gasteiger partial charge in [0.25, 0.3) is 0 Å². The zero-order chi connectivity index (χ0) is 15.8. The Hall–Kier alpha value is -1.23. The van der Waals surface area contributed by atoms with Crippen molar-refractivity contribution in [3.05, 3.63) is 30.1 Å². The van der Waals surface area contributed by atoms with Crippen molar-refractivity contribution in [3.8, 4) is 0 Å². The molecule has 0 radical (unpaired) electrons. The fourth-order valence-electron chi connectivity index (χ4n) is 2.18. The van der Waals surface area contributed by atoms with Crippen molar-refractivity contribution in [1.82, 2.24) is 4.90 Å². The van der Waals surface area contributed by atoms with Crippen LogP contribution in [-0.2, 0) is 0 Å². The summed E-state index contributed by atoms with van der Waals surface area (Å²) in [5, 5.41) is 2.77. The maximum Gasteiger partial charge on any atom is 0.322 e. The molecule has 1 N–H and O–H groups in total. The summed E-state index contributed by atoms with van der Waals surface area (Å²) < 4.78 is 13.7. The lowest BCUT2D eigenvalue weighted by Crippen LogP contribution is -2.44. The molecule has 0 aliphatic carbocycles. The molecule has 1 unspecified atom stereocenters. The number of unbranched alkanes of at least 4 members (excludes halogenated alkanes) is 1. The maximum absolute atomic E-state index is 13.7. The number of carbonyl (C=O) groups is 1. The van der Waals surface area contributed by atoms with E-state index in [4.69, 9.17) is 0 Å². The number of nitrogens with one attached hydrogen (secondary N) is 1. The van der Waals surface area contributed by atoms with E-state index in [0.29, 0.717) is 12.5 Å². The molecule has 2 amide bonds. The maximum atomic E-state index is 13.7. The van der Waals surface area contributed by atoms with Crippen molar-refractivity contribution in [2.45, 2.75) is 39.0 Å². The third kappa shape index (κ3) is 5.23. The third-order valence-corrected chi connectivity index (χ3v) is 4.53. The number of hydrogen-bond donors (Lipinski definition) is 1. The van der Waals surface area contributed by atoms with Crippen molar-refractivity contribution in [1.29, 1.82) is 0 Å². The molecule has 1 aromatic rings. The quantitative estimate of drug-likeness (QED) is 0.733. The Kier molecular flexibility index (Phi) is 7.57. The van der Waals surface area contributed by atoms with Gasteiger partial charge in [-0.2, -0.15) is 0 Å². The summed E-state index contributed by atoms with van der Waals surface area (Å²) >= 11 is 1.65. The van der Waals surface area contributed by atoms with Crippen LogP contribution >= 0.6 is 11.8 Å². The van der Waals surface area contributed by atoms with Gasteiger partial charge in [0.2, 0.25) is 0 Å². The summed E-state index contributed by atoms with van der Waals surface area (Å²) in [5.74, 6) is -0.0743. The van der Waals surface area contributed by atoms with E-state index < -0.39 is 5.82 Å². The van der Waals surface area contributed by atoms with Crippen LogP contribution < -0.4 is 5.32 Å². The zero-order valence-electron chi connectivity index (χ0n) is 13.2. The lowest BCUT2D eigenvalue weighted by molar-refractivity contribution is 0.195. The zero-order valence-corrected chi connectivity index (χ0v) is 14.0. The topological polar surface area (TPSA) is 32.3 Å². The van der Waals surface area contributed by atoms with E-state index in [0.717, 1.165) is 12.8 Å². The second kappa shape index (κ2) is 8.93. The van der Waals surface area contributed by atoms with Crippen molar-refractivity contribution in [2.75, 3.05) is 18.1 Å². The Labute approximate surface area is 131 Å². The predicted octanol–water partition coefficient (Wildman–Crippen LogP) is 4.80. The molecule has 0 fully saturated rings. The van der Waals surface area contributed by atoms with Gasteiger partial charge in [-0.15, -0.1) is 11.8 Å². The second-order valence-electron chi connectivity index (χ2n) is 5.33. The predicted molar refractivity (Wildman–Crippen MR) is 89.2 cm³/mol. The number of thioether (sulfide) groups is 1. The Morgan fingerprint density at radius 2 is 2.05 bits per heavy atom. The van der Waals surface area contributed by atoms with E-state index in [1.165, 1.54) is 6.07 Å². The highest BCUT2D eigenvalue weighted by molar-refractivity contribution is 7.99. The van der Waals surface area contributed by atoms with Gasteiger partial charge in [0.05, 0.1) is 11.1 Å². The highest BCUT2D eigenvalue weighted by atomic mass is 32.2. The van der Waals surface area contributed by atoms with Crippen LogP contribution in [0.15, 0.2) is 24.3 Å². The minimum atomic E-state index is -0.411. The monoisotopic (exact) mass is 312 g/mol. The fraction of sp³-hybridized carbons (Fsp3) is 0.562. The number of para-hydroxylation sites is 1. The van der Waals surface area contributed by atoms with Gasteiger partial charge in [0, 0.05) is 6.54 Å². The molecular weight excluding hydrogens is 287 g/mol. The summed E-state index contributed by atoms with van der Waals surface area (Å²) in [6, 6.07) is 6.01. The summed E-state index contributed by atoms with van der Waals surface area (Å²) in [7, 11) is 0. The first kappa shape index (κ1) is 17.8. The molecule has 1 atom stereocenters. The van der Waals surface area contributed by atoms with Crippen LogP contribution in [0.5, 0.6) is 0 Å². The van der Waals surface area contributed by atoms with Gasteiger partial charge >= 0.3 is 6.03 Å². The molecule has 1 aromatic carbocycles. The van der Waals surface area contributed by atoms with E-state index in [9.17, 15) is 9.18 Å².